The number of carbonyl (C=O) groups excluding carboxylic acids is 1. The van der Waals surface area contributed by atoms with Crippen LogP contribution in [0, 0.1) is 0 Å². The van der Waals surface area contributed by atoms with Crippen LogP contribution in [0.15, 0.2) is 24.3 Å². The molecule has 0 saturated carbocycles. The van der Waals surface area contributed by atoms with Crippen molar-refractivity contribution in [2.24, 2.45) is 0 Å². The molecule has 0 radical (unpaired) electrons. The van der Waals surface area contributed by atoms with Gasteiger partial charge in [0.05, 0.1) is 46.7 Å². The van der Waals surface area contributed by atoms with Gasteiger partial charge in [0.2, 0.25) is 0 Å². The first-order chi connectivity index (χ1) is 12.9. The van der Waals surface area contributed by atoms with E-state index >= 15 is 0 Å². The molecule has 8 nitrogen and oxygen atoms in total. The number of esters is 1. The van der Waals surface area contributed by atoms with E-state index in [1.807, 2.05) is 0 Å². The van der Waals surface area contributed by atoms with Crippen LogP contribution in [0.3, 0.4) is 0 Å². The van der Waals surface area contributed by atoms with E-state index in [9.17, 15) is 14.7 Å². The summed E-state index contributed by atoms with van der Waals surface area (Å²) >= 11 is 0. The smallest absolute Gasteiger partial charge is 0.338 e. The molecule has 144 valence electrons. The van der Waals surface area contributed by atoms with Crippen LogP contribution in [0.1, 0.15) is 20.7 Å². The minimum Gasteiger partial charge on any atom is -0.493 e. The first-order valence-corrected chi connectivity index (χ1v) is 7.75. The lowest BCUT2D eigenvalue weighted by molar-refractivity contribution is 0.0599. The van der Waals surface area contributed by atoms with Gasteiger partial charge in [-0.3, -0.25) is 0 Å². The van der Waals surface area contributed by atoms with Crippen molar-refractivity contribution in [3.8, 4) is 34.1 Å². The zero-order valence-corrected chi connectivity index (χ0v) is 15.6. The number of rotatable bonds is 7. The molecule has 1 N–H and O–H groups in total. The Kier molecular flexibility index (Phi) is 6.12. The van der Waals surface area contributed by atoms with Crippen LogP contribution in [0.2, 0.25) is 0 Å². The van der Waals surface area contributed by atoms with Crippen molar-refractivity contribution in [1.82, 2.24) is 0 Å². The summed E-state index contributed by atoms with van der Waals surface area (Å²) in [4.78, 5) is 23.6. The molecule has 8 heteroatoms. The number of aromatic carboxylic acids is 1. The summed E-state index contributed by atoms with van der Waals surface area (Å²) in [5.74, 6) is -0.656. The molecular formula is C19H20O8. The molecule has 0 amide bonds. The van der Waals surface area contributed by atoms with Gasteiger partial charge in [-0.2, -0.15) is 0 Å². The summed E-state index contributed by atoms with van der Waals surface area (Å²) in [6.07, 6.45) is 0. The molecule has 0 heterocycles. The van der Waals surface area contributed by atoms with E-state index in [2.05, 4.69) is 0 Å². The van der Waals surface area contributed by atoms with Crippen LogP contribution in [-0.4, -0.2) is 52.6 Å². The molecule has 0 saturated heterocycles. The second kappa shape index (κ2) is 8.31. The Morgan fingerprint density at radius 3 is 1.52 bits per heavy atom. The number of ether oxygens (including phenoxy) is 5. The van der Waals surface area contributed by atoms with E-state index in [0.29, 0.717) is 16.9 Å². The lowest BCUT2D eigenvalue weighted by Gasteiger charge is -2.18. The molecule has 0 atom stereocenters. The molecule has 0 aliphatic heterocycles. The summed E-state index contributed by atoms with van der Waals surface area (Å²) in [5, 5.41) is 9.42. The van der Waals surface area contributed by atoms with Gasteiger partial charge in [-0.15, -0.1) is 0 Å². The second-order valence-corrected chi connectivity index (χ2v) is 5.32. The number of benzene rings is 2. The van der Waals surface area contributed by atoms with Crippen LogP contribution in [0.4, 0.5) is 0 Å². The van der Waals surface area contributed by atoms with Gasteiger partial charge < -0.3 is 28.8 Å². The average Bonchev–Trinajstić information content (AvgIpc) is 2.70. The quantitative estimate of drug-likeness (QED) is 0.736. The van der Waals surface area contributed by atoms with Gasteiger partial charge in [0.1, 0.15) is 0 Å². The van der Waals surface area contributed by atoms with Crippen molar-refractivity contribution in [2.75, 3.05) is 35.5 Å². The summed E-state index contributed by atoms with van der Waals surface area (Å²) in [7, 11) is 6.94. The Hall–Kier alpha value is -3.42. The fraction of sp³-hybridized carbons (Fsp3) is 0.263. The number of carboxylic acid groups (broad SMARTS) is 1. The van der Waals surface area contributed by atoms with Crippen molar-refractivity contribution in [1.29, 1.82) is 0 Å². The summed E-state index contributed by atoms with van der Waals surface area (Å²) in [5.41, 5.74) is 0.921. The third kappa shape index (κ3) is 3.74. The molecular weight excluding hydrogens is 356 g/mol. The van der Waals surface area contributed by atoms with E-state index in [-0.39, 0.29) is 28.4 Å². The number of carboxylic acids is 1. The molecule has 0 spiro atoms. The third-order valence-electron chi connectivity index (χ3n) is 3.92. The molecule has 0 aliphatic rings. The summed E-state index contributed by atoms with van der Waals surface area (Å²) in [6.45, 7) is 0. The van der Waals surface area contributed by atoms with Crippen LogP contribution in [0.5, 0.6) is 23.0 Å². The second-order valence-electron chi connectivity index (χ2n) is 5.32. The Labute approximate surface area is 156 Å². The zero-order valence-electron chi connectivity index (χ0n) is 15.6. The molecule has 0 fully saturated rings. The van der Waals surface area contributed by atoms with Crippen LogP contribution < -0.4 is 18.9 Å². The normalized spacial score (nSPS) is 10.1. The zero-order chi connectivity index (χ0) is 20.1. The van der Waals surface area contributed by atoms with Crippen LogP contribution in [0.25, 0.3) is 11.1 Å². The first-order valence-electron chi connectivity index (χ1n) is 7.75. The third-order valence-corrected chi connectivity index (χ3v) is 3.92. The Morgan fingerprint density at radius 2 is 1.15 bits per heavy atom. The maximum absolute atomic E-state index is 12.0. The van der Waals surface area contributed by atoms with E-state index in [4.69, 9.17) is 23.7 Å². The summed E-state index contributed by atoms with van der Waals surface area (Å²) in [6, 6.07) is 5.73. The van der Waals surface area contributed by atoms with E-state index in [0.717, 1.165) is 0 Å². The lowest BCUT2D eigenvalue weighted by atomic mass is 9.97. The van der Waals surface area contributed by atoms with E-state index in [1.165, 1.54) is 59.8 Å². The number of hydrogen-bond donors (Lipinski definition) is 1. The predicted octanol–water partition coefficient (Wildman–Crippen LogP) is 2.87. The van der Waals surface area contributed by atoms with Gasteiger partial charge in [-0.25, -0.2) is 9.59 Å². The largest absolute Gasteiger partial charge is 0.493 e. The standard InChI is InChI=1S/C19H20O8/c1-23-14-8-10(18(20)21)6-12(16(14)25-3)13-7-11(19(22)27-5)9-15(24-2)17(13)26-4/h6-9H,1-5H3,(H,20,21). The van der Waals surface area contributed by atoms with Gasteiger partial charge in [-0.05, 0) is 24.3 Å². The minimum absolute atomic E-state index is 0.0212. The summed E-state index contributed by atoms with van der Waals surface area (Å²) < 4.78 is 26.2. The molecule has 0 bridgehead atoms. The molecule has 0 aromatic heterocycles. The van der Waals surface area contributed by atoms with Gasteiger partial charge in [-0.1, -0.05) is 0 Å². The van der Waals surface area contributed by atoms with Gasteiger partial charge in [0.25, 0.3) is 0 Å². The first kappa shape index (κ1) is 19.9. The molecule has 2 rings (SSSR count). The van der Waals surface area contributed by atoms with Crippen molar-refractivity contribution in [2.45, 2.75) is 0 Å². The Balaban J connectivity index is 2.92. The van der Waals surface area contributed by atoms with Gasteiger partial charge in [0, 0.05) is 11.1 Å². The Bertz CT molecular complexity index is 872. The molecule has 27 heavy (non-hydrogen) atoms. The van der Waals surface area contributed by atoms with Crippen LogP contribution in [-0.2, 0) is 4.74 Å². The molecule has 2 aromatic rings. The molecule has 0 aliphatic carbocycles. The minimum atomic E-state index is -1.15. The van der Waals surface area contributed by atoms with Crippen LogP contribution >= 0.6 is 0 Å². The lowest BCUT2D eigenvalue weighted by Crippen LogP contribution is -2.05. The van der Waals surface area contributed by atoms with Gasteiger partial charge in [0.15, 0.2) is 23.0 Å². The highest BCUT2D eigenvalue weighted by Gasteiger charge is 2.24. The Morgan fingerprint density at radius 1 is 0.704 bits per heavy atom. The SMILES string of the molecule is COC(=O)c1cc(OC)c(OC)c(-c2cc(C(=O)O)cc(OC)c2OC)c1. The number of methoxy groups -OCH3 is 5. The maximum atomic E-state index is 12.0. The number of carbonyl (C=O) groups is 2. The number of hydrogen-bond acceptors (Lipinski definition) is 7. The monoisotopic (exact) mass is 376 g/mol. The topological polar surface area (TPSA) is 101 Å². The highest BCUT2D eigenvalue weighted by molar-refractivity contribution is 5.96. The fourth-order valence-electron chi connectivity index (χ4n) is 2.69. The van der Waals surface area contributed by atoms with E-state index in [1.54, 1.807) is 0 Å². The van der Waals surface area contributed by atoms with Crippen molar-refractivity contribution in [3.63, 3.8) is 0 Å². The van der Waals surface area contributed by atoms with Gasteiger partial charge >= 0.3 is 11.9 Å². The van der Waals surface area contributed by atoms with E-state index < -0.39 is 11.9 Å². The van der Waals surface area contributed by atoms with Crippen molar-refractivity contribution < 1.29 is 38.4 Å². The maximum Gasteiger partial charge on any atom is 0.338 e. The molecule has 2 aromatic carbocycles. The highest BCUT2D eigenvalue weighted by atomic mass is 16.5. The fourth-order valence-corrected chi connectivity index (χ4v) is 2.69. The highest BCUT2D eigenvalue weighted by Crippen LogP contribution is 2.46. The van der Waals surface area contributed by atoms with Crippen molar-refractivity contribution >= 4 is 11.9 Å². The van der Waals surface area contributed by atoms with Crippen molar-refractivity contribution in [3.05, 3.63) is 35.4 Å². The predicted molar refractivity (Wildman–Crippen MR) is 96.4 cm³/mol. The average molecular weight is 376 g/mol. The molecule has 0 unspecified atom stereocenters.